The highest BCUT2D eigenvalue weighted by molar-refractivity contribution is 5.78. The lowest BCUT2D eigenvalue weighted by Gasteiger charge is -2.08. The number of aromatic amines is 1. The number of ether oxygens (including phenoxy) is 3. The standard InChI is InChI=1S/C20H35N5O6/c21-17(15-26)3-4-19(27)23-5-1-7-29-9-11-31-12-10-30-8-2-6-24-20(28)13-18-14-22-16-25-18/h14-17H,1-13,21H2,(H,22,25)(H,23,27)(H,24,28). The lowest BCUT2D eigenvalue weighted by Crippen LogP contribution is -2.28. The molecule has 0 aliphatic carbocycles. The van der Waals surface area contributed by atoms with E-state index in [4.69, 9.17) is 19.9 Å². The molecule has 31 heavy (non-hydrogen) atoms. The van der Waals surface area contributed by atoms with Crippen molar-refractivity contribution in [2.45, 2.75) is 38.1 Å². The largest absolute Gasteiger partial charge is 0.379 e. The van der Waals surface area contributed by atoms with Crippen molar-refractivity contribution in [1.82, 2.24) is 20.6 Å². The minimum Gasteiger partial charge on any atom is -0.379 e. The number of aldehydes is 1. The molecule has 1 rings (SSSR count). The van der Waals surface area contributed by atoms with Gasteiger partial charge in [0, 0.05) is 44.6 Å². The average Bonchev–Trinajstić information content (AvgIpc) is 3.27. The van der Waals surface area contributed by atoms with E-state index in [9.17, 15) is 14.4 Å². The highest BCUT2D eigenvalue weighted by Crippen LogP contribution is 1.93. The predicted octanol–water partition coefficient (Wildman–Crippen LogP) is -0.679. The van der Waals surface area contributed by atoms with Crippen LogP contribution in [0.5, 0.6) is 0 Å². The Morgan fingerprint density at radius 2 is 1.58 bits per heavy atom. The quantitative estimate of drug-likeness (QED) is 0.153. The molecule has 0 fully saturated rings. The zero-order valence-corrected chi connectivity index (χ0v) is 18.0. The fraction of sp³-hybridized carbons (Fsp3) is 0.700. The molecular weight excluding hydrogens is 406 g/mol. The van der Waals surface area contributed by atoms with E-state index in [0.717, 1.165) is 12.1 Å². The predicted molar refractivity (Wildman–Crippen MR) is 113 cm³/mol. The summed E-state index contributed by atoms with van der Waals surface area (Å²) in [5, 5.41) is 5.58. The summed E-state index contributed by atoms with van der Waals surface area (Å²) in [6.07, 6.45) is 6.15. The van der Waals surface area contributed by atoms with Crippen LogP contribution in [-0.4, -0.2) is 86.8 Å². The van der Waals surface area contributed by atoms with Crippen molar-refractivity contribution in [2.75, 3.05) is 52.7 Å². The molecule has 176 valence electrons. The molecule has 0 saturated carbocycles. The molecule has 5 N–H and O–H groups in total. The molecule has 0 radical (unpaired) electrons. The Labute approximate surface area is 182 Å². The first-order valence-corrected chi connectivity index (χ1v) is 10.6. The summed E-state index contributed by atoms with van der Waals surface area (Å²) in [6, 6.07) is -0.578. The number of aromatic nitrogens is 2. The van der Waals surface area contributed by atoms with E-state index in [2.05, 4.69) is 20.6 Å². The number of H-pyrrole nitrogens is 1. The first kappa shape index (κ1) is 26.7. The van der Waals surface area contributed by atoms with E-state index >= 15 is 0 Å². The SMILES string of the molecule is NC(C=O)CCC(=O)NCCCOCCOCCOCCCNC(=O)Cc1cnc[nH]1. The molecule has 0 aliphatic rings. The molecule has 0 saturated heterocycles. The minimum atomic E-state index is -0.578. The number of amides is 2. The third-order valence-electron chi connectivity index (χ3n) is 4.10. The lowest BCUT2D eigenvalue weighted by atomic mass is 10.2. The second-order valence-corrected chi connectivity index (χ2v) is 6.84. The van der Waals surface area contributed by atoms with Crippen LogP contribution in [-0.2, 0) is 35.0 Å². The van der Waals surface area contributed by atoms with Gasteiger partial charge in [-0.05, 0) is 19.3 Å². The van der Waals surface area contributed by atoms with Crippen LogP contribution in [0.2, 0.25) is 0 Å². The average molecular weight is 442 g/mol. The molecule has 0 bridgehead atoms. The zero-order valence-electron chi connectivity index (χ0n) is 18.0. The summed E-state index contributed by atoms with van der Waals surface area (Å²) in [4.78, 5) is 40.3. The van der Waals surface area contributed by atoms with Crippen molar-refractivity contribution in [2.24, 2.45) is 5.73 Å². The Hall–Kier alpha value is -2.34. The maximum Gasteiger partial charge on any atom is 0.225 e. The molecule has 11 heteroatoms. The number of nitrogens with zero attached hydrogens (tertiary/aromatic N) is 1. The molecule has 0 spiro atoms. The van der Waals surface area contributed by atoms with Crippen LogP contribution in [0.3, 0.4) is 0 Å². The van der Waals surface area contributed by atoms with Crippen LogP contribution >= 0.6 is 0 Å². The maximum absolute atomic E-state index is 11.7. The van der Waals surface area contributed by atoms with Gasteiger partial charge < -0.3 is 40.4 Å². The van der Waals surface area contributed by atoms with Crippen molar-refractivity contribution >= 4 is 18.1 Å². The van der Waals surface area contributed by atoms with Crippen molar-refractivity contribution < 1.29 is 28.6 Å². The van der Waals surface area contributed by atoms with Gasteiger partial charge >= 0.3 is 0 Å². The highest BCUT2D eigenvalue weighted by Gasteiger charge is 2.05. The smallest absolute Gasteiger partial charge is 0.225 e. The van der Waals surface area contributed by atoms with E-state index in [1.165, 1.54) is 0 Å². The normalized spacial score (nSPS) is 11.8. The minimum absolute atomic E-state index is 0.0470. The Morgan fingerprint density at radius 1 is 1.00 bits per heavy atom. The van der Waals surface area contributed by atoms with E-state index in [-0.39, 0.29) is 18.2 Å². The fourth-order valence-electron chi connectivity index (χ4n) is 2.42. The molecule has 1 unspecified atom stereocenters. The van der Waals surface area contributed by atoms with Crippen molar-refractivity contribution in [3.05, 3.63) is 18.2 Å². The molecular formula is C20H35N5O6. The van der Waals surface area contributed by atoms with Crippen LogP contribution in [0, 0.1) is 0 Å². The van der Waals surface area contributed by atoms with E-state index in [1.807, 2.05) is 0 Å². The first-order chi connectivity index (χ1) is 15.1. The summed E-state index contributed by atoms with van der Waals surface area (Å²) >= 11 is 0. The van der Waals surface area contributed by atoms with Gasteiger partial charge in [0.2, 0.25) is 11.8 Å². The Kier molecular flexibility index (Phi) is 15.9. The number of rotatable bonds is 20. The van der Waals surface area contributed by atoms with Crippen molar-refractivity contribution in [1.29, 1.82) is 0 Å². The van der Waals surface area contributed by atoms with Crippen LogP contribution in [0.25, 0.3) is 0 Å². The molecule has 1 heterocycles. The van der Waals surface area contributed by atoms with Gasteiger partial charge in [0.25, 0.3) is 0 Å². The monoisotopic (exact) mass is 441 g/mol. The van der Waals surface area contributed by atoms with Gasteiger partial charge in [-0.25, -0.2) is 4.98 Å². The van der Waals surface area contributed by atoms with Crippen LogP contribution < -0.4 is 16.4 Å². The molecule has 11 nitrogen and oxygen atoms in total. The summed E-state index contributed by atoms with van der Waals surface area (Å²) in [7, 11) is 0. The number of nitrogens with two attached hydrogens (primary N) is 1. The second kappa shape index (κ2) is 18.4. The third kappa shape index (κ3) is 16.1. The van der Waals surface area contributed by atoms with Gasteiger partial charge in [0.15, 0.2) is 0 Å². The number of carbonyl (C=O) groups excluding carboxylic acids is 3. The van der Waals surface area contributed by atoms with Gasteiger partial charge in [-0.2, -0.15) is 0 Å². The second-order valence-electron chi connectivity index (χ2n) is 6.84. The number of nitrogens with one attached hydrogen (secondary N) is 3. The van der Waals surface area contributed by atoms with E-state index in [0.29, 0.717) is 78.3 Å². The number of imidazole rings is 1. The van der Waals surface area contributed by atoms with E-state index in [1.54, 1.807) is 12.5 Å². The number of hydrogen-bond donors (Lipinski definition) is 4. The molecule has 1 atom stereocenters. The first-order valence-electron chi connectivity index (χ1n) is 10.6. The van der Waals surface area contributed by atoms with Crippen LogP contribution in [0.1, 0.15) is 31.4 Å². The summed E-state index contributed by atoms with van der Waals surface area (Å²) in [5.74, 6) is -0.161. The Balaban J connectivity index is 1.75. The Bertz CT molecular complexity index is 599. The summed E-state index contributed by atoms with van der Waals surface area (Å²) in [6.45, 7) is 4.09. The molecule has 2 amide bonds. The Morgan fingerprint density at radius 3 is 2.13 bits per heavy atom. The topological polar surface area (TPSA) is 158 Å². The van der Waals surface area contributed by atoms with Crippen LogP contribution in [0.15, 0.2) is 12.5 Å². The van der Waals surface area contributed by atoms with Gasteiger partial charge in [-0.3, -0.25) is 9.59 Å². The van der Waals surface area contributed by atoms with Crippen molar-refractivity contribution in [3.63, 3.8) is 0 Å². The zero-order chi connectivity index (χ0) is 22.6. The summed E-state index contributed by atoms with van der Waals surface area (Å²) < 4.78 is 16.3. The van der Waals surface area contributed by atoms with Gasteiger partial charge in [0.05, 0.1) is 45.2 Å². The van der Waals surface area contributed by atoms with Gasteiger partial charge in [0.1, 0.15) is 6.29 Å². The van der Waals surface area contributed by atoms with Gasteiger partial charge in [-0.1, -0.05) is 0 Å². The third-order valence-corrected chi connectivity index (χ3v) is 4.10. The molecule has 0 aliphatic heterocycles. The highest BCUT2D eigenvalue weighted by atomic mass is 16.5. The molecule has 0 aromatic carbocycles. The number of carbonyl (C=O) groups is 3. The number of hydrogen-bond acceptors (Lipinski definition) is 8. The van der Waals surface area contributed by atoms with Crippen molar-refractivity contribution in [3.8, 4) is 0 Å². The fourth-order valence-corrected chi connectivity index (χ4v) is 2.42. The molecule has 1 aromatic heterocycles. The van der Waals surface area contributed by atoms with Crippen LogP contribution in [0.4, 0.5) is 0 Å². The molecule has 1 aromatic rings. The summed E-state index contributed by atoms with van der Waals surface area (Å²) in [5.41, 5.74) is 6.21. The van der Waals surface area contributed by atoms with E-state index < -0.39 is 6.04 Å². The lowest BCUT2D eigenvalue weighted by molar-refractivity contribution is -0.122. The van der Waals surface area contributed by atoms with Gasteiger partial charge in [-0.15, -0.1) is 0 Å². The maximum atomic E-state index is 11.7.